The summed E-state index contributed by atoms with van der Waals surface area (Å²) in [5, 5.41) is 4.95. The molecule has 0 radical (unpaired) electrons. The van der Waals surface area contributed by atoms with E-state index in [1.54, 1.807) is 11.3 Å². The van der Waals surface area contributed by atoms with Gasteiger partial charge in [0.1, 0.15) is 4.99 Å². The van der Waals surface area contributed by atoms with Crippen molar-refractivity contribution >= 4 is 34.2 Å². The molecule has 0 saturated carbocycles. The van der Waals surface area contributed by atoms with Gasteiger partial charge in [0, 0.05) is 22.4 Å². The van der Waals surface area contributed by atoms with E-state index >= 15 is 0 Å². The van der Waals surface area contributed by atoms with Gasteiger partial charge in [-0.05, 0) is 23.6 Å². The van der Waals surface area contributed by atoms with Crippen molar-refractivity contribution in [2.75, 3.05) is 11.9 Å². The van der Waals surface area contributed by atoms with Crippen molar-refractivity contribution in [1.82, 2.24) is 0 Å². The van der Waals surface area contributed by atoms with Crippen molar-refractivity contribution in [3.05, 3.63) is 51.7 Å². The molecule has 112 valence electrons. The molecule has 21 heavy (non-hydrogen) atoms. The first-order valence-corrected chi connectivity index (χ1v) is 7.67. The Morgan fingerprint density at radius 2 is 2.00 bits per heavy atom. The summed E-state index contributed by atoms with van der Waals surface area (Å²) in [6.07, 6.45) is 0. The van der Waals surface area contributed by atoms with E-state index in [-0.39, 0.29) is 21.7 Å². The smallest absolute Gasteiger partial charge is 0.182 e. The lowest BCUT2D eigenvalue weighted by Crippen LogP contribution is -2.27. The molecule has 3 N–H and O–H groups in total. The first-order chi connectivity index (χ1) is 9.83. The largest absolute Gasteiger partial charge is 0.389 e. The Bertz CT molecular complexity index is 652. The highest BCUT2D eigenvalue weighted by Crippen LogP contribution is 2.29. The number of hydrogen-bond donors (Lipinski definition) is 2. The van der Waals surface area contributed by atoms with Gasteiger partial charge >= 0.3 is 0 Å². The molecule has 0 unspecified atom stereocenters. The van der Waals surface area contributed by atoms with Gasteiger partial charge in [0.25, 0.3) is 0 Å². The molecule has 1 heterocycles. The van der Waals surface area contributed by atoms with Crippen LogP contribution in [0.15, 0.2) is 29.6 Å². The molecule has 0 aliphatic carbocycles. The van der Waals surface area contributed by atoms with Gasteiger partial charge in [0.15, 0.2) is 11.6 Å². The number of thiophene rings is 1. The van der Waals surface area contributed by atoms with Crippen LogP contribution < -0.4 is 11.1 Å². The lowest BCUT2D eigenvalue weighted by atomic mass is 9.91. The van der Waals surface area contributed by atoms with Crippen LogP contribution in [0.4, 0.5) is 14.5 Å². The van der Waals surface area contributed by atoms with Crippen molar-refractivity contribution in [2.24, 2.45) is 5.73 Å². The molecule has 0 amide bonds. The normalized spacial score (nSPS) is 11.4. The monoisotopic (exact) mass is 326 g/mol. The van der Waals surface area contributed by atoms with Gasteiger partial charge in [0.05, 0.1) is 5.69 Å². The zero-order valence-corrected chi connectivity index (χ0v) is 13.4. The Labute approximate surface area is 132 Å². The van der Waals surface area contributed by atoms with Crippen LogP contribution >= 0.6 is 23.6 Å². The fraction of sp³-hybridized carbons (Fsp3) is 0.267. The van der Waals surface area contributed by atoms with E-state index in [2.05, 4.69) is 17.5 Å². The molecule has 0 saturated heterocycles. The average molecular weight is 326 g/mol. The number of rotatable bonds is 5. The van der Waals surface area contributed by atoms with Gasteiger partial charge in [-0.15, -0.1) is 11.3 Å². The van der Waals surface area contributed by atoms with Gasteiger partial charge < -0.3 is 11.1 Å². The quantitative estimate of drug-likeness (QED) is 0.814. The van der Waals surface area contributed by atoms with Crippen molar-refractivity contribution in [3.63, 3.8) is 0 Å². The van der Waals surface area contributed by atoms with Crippen LogP contribution in [-0.4, -0.2) is 11.5 Å². The Hall–Kier alpha value is -1.53. The highest BCUT2D eigenvalue weighted by Gasteiger charge is 2.23. The second kappa shape index (κ2) is 6.07. The predicted octanol–water partition coefficient (Wildman–Crippen LogP) is 4.05. The highest BCUT2D eigenvalue weighted by molar-refractivity contribution is 7.80. The third kappa shape index (κ3) is 3.39. The highest BCUT2D eigenvalue weighted by atomic mass is 32.1. The van der Waals surface area contributed by atoms with E-state index in [4.69, 9.17) is 5.73 Å². The maximum atomic E-state index is 14.0. The maximum absolute atomic E-state index is 14.0. The molecule has 6 heteroatoms. The van der Waals surface area contributed by atoms with E-state index in [9.17, 15) is 8.78 Å². The summed E-state index contributed by atoms with van der Waals surface area (Å²) in [6, 6.07) is 6.84. The van der Waals surface area contributed by atoms with E-state index in [0.717, 1.165) is 0 Å². The number of nitrogens with two attached hydrogens (primary N) is 1. The third-order valence-electron chi connectivity index (χ3n) is 3.26. The topological polar surface area (TPSA) is 38.0 Å². The van der Waals surface area contributed by atoms with E-state index in [1.807, 2.05) is 31.4 Å². The fourth-order valence-corrected chi connectivity index (χ4v) is 2.95. The standard InChI is InChI=1S/C15H16F2N2S2/c1-15(2,11-4-3-7-21-11)8-19-10-6-5-9(14(18)20)12(16)13(10)17/h3-7,19H,8H2,1-2H3,(H2,18,20). The van der Waals surface area contributed by atoms with Gasteiger partial charge in [-0.2, -0.15) is 0 Å². The average Bonchev–Trinajstić information content (AvgIpc) is 2.95. The SMILES string of the molecule is CC(C)(CNc1ccc(C(N)=S)c(F)c1F)c1cccs1. The maximum Gasteiger partial charge on any atom is 0.182 e. The van der Waals surface area contributed by atoms with Crippen LogP contribution in [0, 0.1) is 11.6 Å². The van der Waals surface area contributed by atoms with Crippen LogP contribution in [0.5, 0.6) is 0 Å². The Kier molecular flexibility index (Phi) is 4.58. The van der Waals surface area contributed by atoms with E-state index in [0.29, 0.717) is 6.54 Å². The molecule has 0 spiro atoms. The molecule has 0 fully saturated rings. The number of hydrogen-bond acceptors (Lipinski definition) is 3. The second-order valence-electron chi connectivity index (χ2n) is 5.37. The number of thiocarbonyl (C=S) groups is 1. The number of anilines is 1. The molecule has 2 rings (SSSR count). The summed E-state index contributed by atoms with van der Waals surface area (Å²) in [5.74, 6) is -1.97. The number of nitrogens with one attached hydrogen (secondary N) is 1. The molecule has 0 aliphatic rings. The van der Waals surface area contributed by atoms with Crippen molar-refractivity contribution in [3.8, 4) is 0 Å². The second-order valence-corrected chi connectivity index (χ2v) is 6.76. The first kappa shape index (κ1) is 15.9. The van der Waals surface area contributed by atoms with Crippen LogP contribution in [0.3, 0.4) is 0 Å². The summed E-state index contributed by atoms with van der Waals surface area (Å²) < 4.78 is 27.8. The predicted molar refractivity (Wildman–Crippen MR) is 88.1 cm³/mol. The van der Waals surface area contributed by atoms with Crippen LogP contribution in [0.25, 0.3) is 0 Å². The molecule has 1 aromatic heterocycles. The zero-order chi connectivity index (χ0) is 15.6. The molecule has 0 atom stereocenters. The fourth-order valence-electron chi connectivity index (χ4n) is 1.94. The molecule has 0 bridgehead atoms. The summed E-state index contributed by atoms with van der Waals surface area (Å²) in [7, 11) is 0. The van der Waals surface area contributed by atoms with Crippen LogP contribution in [0.2, 0.25) is 0 Å². The zero-order valence-electron chi connectivity index (χ0n) is 11.7. The van der Waals surface area contributed by atoms with E-state index in [1.165, 1.54) is 17.0 Å². The molecule has 1 aromatic carbocycles. The summed E-state index contributed by atoms with van der Waals surface area (Å²) in [5.41, 5.74) is 5.20. The Morgan fingerprint density at radius 1 is 1.29 bits per heavy atom. The molecular formula is C15H16F2N2S2. The molecule has 0 aliphatic heterocycles. The molecule has 2 aromatic rings. The molecular weight excluding hydrogens is 310 g/mol. The third-order valence-corrected chi connectivity index (χ3v) is 4.71. The lowest BCUT2D eigenvalue weighted by molar-refractivity contribution is 0.506. The Balaban J connectivity index is 2.18. The van der Waals surface area contributed by atoms with Gasteiger partial charge in [-0.1, -0.05) is 32.1 Å². The number of halogens is 2. The van der Waals surface area contributed by atoms with Crippen LogP contribution in [0.1, 0.15) is 24.3 Å². The first-order valence-electron chi connectivity index (χ1n) is 6.38. The minimum atomic E-state index is -1.01. The minimum Gasteiger partial charge on any atom is -0.389 e. The summed E-state index contributed by atoms with van der Waals surface area (Å²) >= 11 is 6.32. The molecule has 2 nitrogen and oxygen atoms in total. The van der Waals surface area contributed by atoms with Crippen molar-refractivity contribution < 1.29 is 8.78 Å². The van der Waals surface area contributed by atoms with Crippen molar-refractivity contribution in [1.29, 1.82) is 0 Å². The minimum absolute atomic E-state index is 0.0782. The number of benzene rings is 1. The summed E-state index contributed by atoms with van der Waals surface area (Å²) in [4.78, 5) is 1.02. The van der Waals surface area contributed by atoms with E-state index < -0.39 is 11.6 Å². The van der Waals surface area contributed by atoms with Gasteiger partial charge in [-0.3, -0.25) is 0 Å². The van der Waals surface area contributed by atoms with Gasteiger partial charge in [0.2, 0.25) is 0 Å². The van der Waals surface area contributed by atoms with Crippen LogP contribution in [-0.2, 0) is 5.41 Å². The Morgan fingerprint density at radius 3 is 2.57 bits per heavy atom. The van der Waals surface area contributed by atoms with Gasteiger partial charge in [-0.25, -0.2) is 8.78 Å². The summed E-state index contributed by atoms with van der Waals surface area (Å²) in [6.45, 7) is 4.57. The van der Waals surface area contributed by atoms with Crippen molar-refractivity contribution in [2.45, 2.75) is 19.3 Å². The lowest BCUT2D eigenvalue weighted by Gasteiger charge is -2.24.